The Labute approximate surface area is 111 Å². The number of halogens is 2. The van der Waals surface area contributed by atoms with Crippen LogP contribution in [0.25, 0.3) is 0 Å². The van der Waals surface area contributed by atoms with Gasteiger partial charge in [0.05, 0.1) is 10.7 Å². The molecule has 18 heavy (non-hydrogen) atoms. The standard InChI is InChI=1S/C11H14ClFN2O2S/c1-3-5-15(4-2)18(16,17)11-7-10(14)9(13)6-8(11)12/h3,6-7H,1,4-5,14H2,2H3. The van der Waals surface area contributed by atoms with Gasteiger partial charge in [-0.15, -0.1) is 6.58 Å². The van der Waals surface area contributed by atoms with E-state index < -0.39 is 15.8 Å². The van der Waals surface area contributed by atoms with Gasteiger partial charge in [0.15, 0.2) is 0 Å². The Morgan fingerprint density at radius 3 is 2.67 bits per heavy atom. The fourth-order valence-electron chi connectivity index (χ4n) is 1.42. The Kier molecular flexibility index (Phi) is 4.72. The molecule has 0 aliphatic carbocycles. The molecular weight excluding hydrogens is 279 g/mol. The number of benzene rings is 1. The zero-order chi connectivity index (χ0) is 13.9. The van der Waals surface area contributed by atoms with Crippen LogP contribution in [-0.4, -0.2) is 25.8 Å². The number of sulfonamides is 1. The average Bonchev–Trinajstić information content (AvgIpc) is 2.30. The van der Waals surface area contributed by atoms with Gasteiger partial charge >= 0.3 is 0 Å². The van der Waals surface area contributed by atoms with Crippen molar-refractivity contribution < 1.29 is 12.8 Å². The Morgan fingerprint density at radius 1 is 1.56 bits per heavy atom. The molecule has 0 fully saturated rings. The smallest absolute Gasteiger partial charge is 0.244 e. The van der Waals surface area contributed by atoms with E-state index in [0.717, 1.165) is 12.1 Å². The molecule has 0 aliphatic rings. The Morgan fingerprint density at radius 2 is 2.17 bits per heavy atom. The summed E-state index contributed by atoms with van der Waals surface area (Å²) in [5.74, 6) is -0.745. The second-order valence-corrected chi connectivity index (χ2v) is 5.86. The number of rotatable bonds is 5. The number of likely N-dealkylation sites (N-methyl/N-ethyl adjacent to an activating group) is 1. The van der Waals surface area contributed by atoms with Crippen molar-refractivity contribution in [3.63, 3.8) is 0 Å². The van der Waals surface area contributed by atoms with Crippen molar-refractivity contribution in [1.82, 2.24) is 4.31 Å². The monoisotopic (exact) mass is 292 g/mol. The molecule has 4 nitrogen and oxygen atoms in total. The van der Waals surface area contributed by atoms with E-state index in [1.807, 2.05) is 0 Å². The largest absolute Gasteiger partial charge is 0.396 e. The van der Waals surface area contributed by atoms with Crippen LogP contribution in [0.15, 0.2) is 29.7 Å². The van der Waals surface area contributed by atoms with Crippen LogP contribution in [-0.2, 0) is 10.0 Å². The molecule has 0 saturated carbocycles. The maximum atomic E-state index is 13.1. The summed E-state index contributed by atoms with van der Waals surface area (Å²) in [5.41, 5.74) is 5.11. The number of nitrogen functional groups attached to an aromatic ring is 1. The Balaban J connectivity index is 3.36. The molecule has 0 radical (unpaired) electrons. The van der Waals surface area contributed by atoms with E-state index in [1.54, 1.807) is 6.92 Å². The summed E-state index contributed by atoms with van der Waals surface area (Å²) in [6.07, 6.45) is 1.46. The molecule has 0 heterocycles. The first-order valence-electron chi connectivity index (χ1n) is 5.20. The van der Waals surface area contributed by atoms with Crippen molar-refractivity contribution in [3.05, 3.63) is 35.6 Å². The minimum absolute atomic E-state index is 0.145. The molecule has 100 valence electrons. The van der Waals surface area contributed by atoms with Gasteiger partial charge in [0.25, 0.3) is 0 Å². The summed E-state index contributed by atoms with van der Waals surface area (Å²) in [4.78, 5) is -0.202. The molecule has 0 spiro atoms. The van der Waals surface area contributed by atoms with Gasteiger partial charge in [0.2, 0.25) is 10.0 Å². The maximum absolute atomic E-state index is 13.1. The lowest BCUT2D eigenvalue weighted by Gasteiger charge is -2.19. The molecule has 0 atom stereocenters. The van der Waals surface area contributed by atoms with Crippen molar-refractivity contribution in [2.45, 2.75) is 11.8 Å². The molecule has 0 saturated heterocycles. The van der Waals surface area contributed by atoms with E-state index in [9.17, 15) is 12.8 Å². The fraction of sp³-hybridized carbons (Fsp3) is 0.273. The molecule has 2 N–H and O–H groups in total. The fourth-order valence-corrected chi connectivity index (χ4v) is 3.37. The van der Waals surface area contributed by atoms with Crippen molar-refractivity contribution in [2.24, 2.45) is 0 Å². The van der Waals surface area contributed by atoms with Crippen LogP contribution in [0.5, 0.6) is 0 Å². The van der Waals surface area contributed by atoms with Crippen LogP contribution in [0.3, 0.4) is 0 Å². The van der Waals surface area contributed by atoms with Crippen LogP contribution < -0.4 is 5.73 Å². The highest BCUT2D eigenvalue weighted by Crippen LogP contribution is 2.28. The second-order valence-electron chi connectivity index (χ2n) is 3.55. The number of nitrogens with zero attached hydrogens (tertiary/aromatic N) is 1. The minimum Gasteiger partial charge on any atom is -0.396 e. The SMILES string of the molecule is C=CCN(CC)S(=O)(=O)c1cc(N)c(F)cc1Cl. The predicted molar refractivity (Wildman–Crippen MR) is 70.5 cm³/mol. The van der Waals surface area contributed by atoms with Crippen LogP contribution in [0, 0.1) is 5.82 Å². The summed E-state index contributed by atoms with van der Waals surface area (Å²) in [6.45, 7) is 5.57. The van der Waals surface area contributed by atoms with Crippen molar-refractivity contribution in [1.29, 1.82) is 0 Å². The predicted octanol–water partition coefficient (Wildman–Crippen LogP) is 2.26. The van der Waals surface area contributed by atoms with Gasteiger partial charge in [-0.1, -0.05) is 24.6 Å². The van der Waals surface area contributed by atoms with E-state index in [2.05, 4.69) is 6.58 Å². The van der Waals surface area contributed by atoms with Gasteiger partial charge in [-0.25, -0.2) is 12.8 Å². The minimum atomic E-state index is -3.80. The first-order valence-corrected chi connectivity index (χ1v) is 7.02. The molecule has 0 aliphatic heterocycles. The third-order valence-electron chi connectivity index (χ3n) is 2.35. The molecule has 0 unspecified atom stereocenters. The van der Waals surface area contributed by atoms with Crippen LogP contribution in [0.4, 0.5) is 10.1 Å². The average molecular weight is 293 g/mol. The van der Waals surface area contributed by atoms with Crippen molar-refractivity contribution >= 4 is 27.3 Å². The number of nitrogens with two attached hydrogens (primary N) is 1. The molecule has 0 bridgehead atoms. The van der Waals surface area contributed by atoms with Gasteiger partial charge in [0.1, 0.15) is 10.7 Å². The summed E-state index contributed by atoms with van der Waals surface area (Å²) < 4.78 is 38.8. The molecule has 7 heteroatoms. The van der Waals surface area contributed by atoms with Gasteiger partial charge in [-0.2, -0.15) is 4.31 Å². The molecule has 0 aromatic heterocycles. The van der Waals surface area contributed by atoms with Crippen molar-refractivity contribution in [3.8, 4) is 0 Å². The van der Waals surface area contributed by atoms with Crippen LogP contribution in [0.2, 0.25) is 5.02 Å². The summed E-state index contributed by atoms with van der Waals surface area (Å²) in [7, 11) is -3.80. The molecular formula is C11H14ClFN2O2S. The lowest BCUT2D eigenvalue weighted by Crippen LogP contribution is -2.31. The lowest BCUT2D eigenvalue weighted by molar-refractivity contribution is 0.460. The van der Waals surface area contributed by atoms with Gasteiger partial charge < -0.3 is 5.73 Å². The quantitative estimate of drug-likeness (QED) is 0.669. The third kappa shape index (κ3) is 2.82. The summed E-state index contributed by atoms with van der Waals surface area (Å²) in [5, 5.41) is -0.191. The lowest BCUT2D eigenvalue weighted by atomic mass is 10.3. The molecule has 0 amide bonds. The van der Waals surface area contributed by atoms with Crippen LogP contribution >= 0.6 is 11.6 Å². The second kappa shape index (κ2) is 5.69. The number of hydrogen-bond acceptors (Lipinski definition) is 3. The molecule has 1 aromatic carbocycles. The Hall–Kier alpha value is -1.11. The van der Waals surface area contributed by atoms with E-state index >= 15 is 0 Å². The van der Waals surface area contributed by atoms with Crippen LogP contribution in [0.1, 0.15) is 6.92 Å². The first kappa shape index (κ1) is 14.9. The highest BCUT2D eigenvalue weighted by atomic mass is 35.5. The molecule has 1 rings (SSSR count). The topological polar surface area (TPSA) is 63.4 Å². The van der Waals surface area contributed by atoms with E-state index in [1.165, 1.54) is 10.4 Å². The van der Waals surface area contributed by atoms with Gasteiger partial charge in [0, 0.05) is 13.1 Å². The third-order valence-corrected chi connectivity index (χ3v) is 4.76. The highest BCUT2D eigenvalue weighted by molar-refractivity contribution is 7.89. The summed E-state index contributed by atoms with van der Waals surface area (Å²) in [6, 6.07) is 1.92. The van der Waals surface area contributed by atoms with Gasteiger partial charge in [-0.05, 0) is 12.1 Å². The Bertz CT molecular complexity index is 560. The van der Waals surface area contributed by atoms with E-state index in [4.69, 9.17) is 17.3 Å². The van der Waals surface area contributed by atoms with E-state index in [0.29, 0.717) is 0 Å². The zero-order valence-electron chi connectivity index (χ0n) is 9.86. The molecule has 1 aromatic rings. The van der Waals surface area contributed by atoms with E-state index in [-0.39, 0.29) is 28.7 Å². The normalized spacial score (nSPS) is 11.8. The first-order chi connectivity index (χ1) is 8.34. The maximum Gasteiger partial charge on any atom is 0.244 e. The number of anilines is 1. The zero-order valence-corrected chi connectivity index (χ0v) is 11.4. The van der Waals surface area contributed by atoms with Gasteiger partial charge in [-0.3, -0.25) is 0 Å². The summed E-state index contributed by atoms with van der Waals surface area (Å²) >= 11 is 5.76. The van der Waals surface area contributed by atoms with Crippen molar-refractivity contribution in [2.75, 3.05) is 18.8 Å². The number of hydrogen-bond donors (Lipinski definition) is 1. The highest BCUT2D eigenvalue weighted by Gasteiger charge is 2.25.